The molecule has 1 aromatic rings. The van der Waals surface area contributed by atoms with E-state index in [1.807, 2.05) is 0 Å². The Morgan fingerprint density at radius 1 is 1.47 bits per heavy atom. The maximum atomic E-state index is 14.1. The molecule has 1 heterocycles. The van der Waals surface area contributed by atoms with E-state index in [0.29, 0.717) is 6.42 Å². The molecular formula is C12H14ClF2NO. The van der Waals surface area contributed by atoms with Gasteiger partial charge in [0.15, 0.2) is 5.82 Å². The molecule has 0 amide bonds. The van der Waals surface area contributed by atoms with Crippen molar-refractivity contribution in [3.05, 3.63) is 28.3 Å². The molecule has 1 saturated heterocycles. The predicted molar refractivity (Wildman–Crippen MR) is 62.5 cm³/mol. The van der Waals surface area contributed by atoms with Gasteiger partial charge in [-0.1, -0.05) is 11.6 Å². The second-order valence-electron chi connectivity index (χ2n) is 4.43. The van der Waals surface area contributed by atoms with E-state index >= 15 is 0 Å². The largest absolute Gasteiger partial charge is 0.495 e. The Kier molecular flexibility index (Phi) is 3.27. The lowest BCUT2D eigenvalue weighted by molar-refractivity contribution is 0.372. The smallest absolute Gasteiger partial charge is 0.153 e. The molecule has 0 spiro atoms. The van der Waals surface area contributed by atoms with E-state index in [0.717, 1.165) is 19.0 Å². The zero-order chi connectivity index (χ0) is 12.6. The third kappa shape index (κ3) is 2.00. The molecule has 2 nitrogen and oxygen atoms in total. The van der Waals surface area contributed by atoms with E-state index < -0.39 is 17.2 Å². The van der Waals surface area contributed by atoms with E-state index in [4.69, 9.17) is 16.3 Å². The zero-order valence-corrected chi connectivity index (χ0v) is 10.5. The molecule has 2 rings (SSSR count). The Morgan fingerprint density at radius 2 is 2.18 bits per heavy atom. The second kappa shape index (κ2) is 4.42. The van der Waals surface area contributed by atoms with Gasteiger partial charge in [-0.2, -0.15) is 0 Å². The number of methoxy groups -OCH3 is 1. The van der Waals surface area contributed by atoms with Crippen molar-refractivity contribution < 1.29 is 13.5 Å². The Bertz CT molecular complexity index is 445. The quantitative estimate of drug-likeness (QED) is 0.826. The molecule has 1 N–H and O–H groups in total. The Labute approximate surface area is 104 Å². The molecule has 1 aromatic carbocycles. The number of benzene rings is 1. The first-order valence-corrected chi connectivity index (χ1v) is 5.84. The fourth-order valence-corrected chi connectivity index (χ4v) is 2.56. The van der Waals surface area contributed by atoms with Crippen LogP contribution in [0, 0.1) is 11.6 Å². The van der Waals surface area contributed by atoms with E-state index in [-0.39, 0.29) is 16.3 Å². The molecule has 1 unspecified atom stereocenters. The summed E-state index contributed by atoms with van der Waals surface area (Å²) in [5.74, 6) is -1.34. The summed E-state index contributed by atoms with van der Waals surface area (Å²) in [7, 11) is 1.33. The van der Waals surface area contributed by atoms with Gasteiger partial charge in [0.1, 0.15) is 16.6 Å². The van der Waals surface area contributed by atoms with Crippen LogP contribution in [0.2, 0.25) is 5.02 Å². The average Bonchev–Trinajstić information content (AvgIpc) is 2.71. The first-order valence-electron chi connectivity index (χ1n) is 5.46. The van der Waals surface area contributed by atoms with E-state index in [1.165, 1.54) is 7.11 Å². The highest BCUT2D eigenvalue weighted by molar-refractivity contribution is 6.32. The van der Waals surface area contributed by atoms with E-state index in [1.54, 1.807) is 6.92 Å². The lowest BCUT2D eigenvalue weighted by Gasteiger charge is -2.26. The highest BCUT2D eigenvalue weighted by Gasteiger charge is 2.36. The third-order valence-electron chi connectivity index (χ3n) is 3.27. The summed E-state index contributed by atoms with van der Waals surface area (Å²) in [6.07, 6.45) is 1.57. The Balaban J connectivity index is 2.58. The van der Waals surface area contributed by atoms with Gasteiger partial charge in [0.2, 0.25) is 0 Å². The summed E-state index contributed by atoms with van der Waals surface area (Å²) in [4.78, 5) is 0. The SMILES string of the molecule is COc1cc(F)c(C2(C)CCCN2)c(F)c1Cl. The first-order chi connectivity index (χ1) is 7.99. The number of hydrogen-bond acceptors (Lipinski definition) is 2. The molecule has 0 bridgehead atoms. The summed E-state index contributed by atoms with van der Waals surface area (Å²) in [5.41, 5.74) is -0.690. The number of halogens is 3. The van der Waals surface area contributed by atoms with Crippen molar-refractivity contribution in [1.82, 2.24) is 5.32 Å². The highest BCUT2D eigenvalue weighted by Crippen LogP contribution is 2.39. The van der Waals surface area contributed by atoms with Crippen molar-refractivity contribution in [1.29, 1.82) is 0 Å². The predicted octanol–water partition coefficient (Wildman–Crippen LogP) is 3.23. The van der Waals surface area contributed by atoms with Crippen LogP contribution in [0.15, 0.2) is 6.07 Å². The Hall–Kier alpha value is -0.870. The fourth-order valence-electron chi connectivity index (χ4n) is 2.34. The maximum Gasteiger partial charge on any atom is 0.153 e. The zero-order valence-electron chi connectivity index (χ0n) is 9.74. The van der Waals surface area contributed by atoms with Crippen molar-refractivity contribution in [2.45, 2.75) is 25.3 Å². The van der Waals surface area contributed by atoms with Crippen molar-refractivity contribution in [3.63, 3.8) is 0 Å². The third-order valence-corrected chi connectivity index (χ3v) is 3.62. The van der Waals surface area contributed by atoms with Crippen LogP contribution in [0.3, 0.4) is 0 Å². The van der Waals surface area contributed by atoms with Gasteiger partial charge >= 0.3 is 0 Å². The van der Waals surface area contributed by atoms with Crippen LogP contribution in [-0.2, 0) is 5.54 Å². The van der Waals surface area contributed by atoms with Crippen LogP contribution >= 0.6 is 11.6 Å². The highest BCUT2D eigenvalue weighted by atomic mass is 35.5. The van der Waals surface area contributed by atoms with Gasteiger partial charge in [-0.15, -0.1) is 0 Å². The standard InChI is InChI=1S/C12H14ClF2NO/c1-12(4-3-5-16-12)9-7(14)6-8(17-2)10(13)11(9)15/h6,16H,3-5H2,1-2H3. The molecule has 0 radical (unpaired) electrons. The summed E-state index contributed by atoms with van der Waals surface area (Å²) in [5, 5.41) is 2.95. The fraction of sp³-hybridized carbons (Fsp3) is 0.500. The number of ether oxygens (including phenoxy) is 1. The average molecular weight is 262 g/mol. The molecular weight excluding hydrogens is 248 g/mol. The molecule has 17 heavy (non-hydrogen) atoms. The minimum Gasteiger partial charge on any atom is -0.495 e. The van der Waals surface area contributed by atoms with Gasteiger partial charge in [0.05, 0.1) is 7.11 Å². The molecule has 1 aliphatic heterocycles. The van der Waals surface area contributed by atoms with Crippen LogP contribution < -0.4 is 10.1 Å². The van der Waals surface area contributed by atoms with Crippen molar-refractivity contribution >= 4 is 11.6 Å². The van der Waals surface area contributed by atoms with Gasteiger partial charge < -0.3 is 10.1 Å². The van der Waals surface area contributed by atoms with Gasteiger partial charge in [0, 0.05) is 17.2 Å². The monoisotopic (exact) mass is 261 g/mol. The summed E-state index contributed by atoms with van der Waals surface area (Å²) in [6, 6.07) is 1.13. The maximum absolute atomic E-state index is 14.1. The number of hydrogen-bond donors (Lipinski definition) is 1. The van der Waals surface area contributed by atoms with Gasteiger partial charge in [-0.05, 0) is 26.3 Å². The van der Waals surface area contributed by atoms with Crippen molar-refractivity contribution in [2.75, 3.05) is 13.7 Å². The van der Waals surface area contributed by atoms with Crippen LogP contribution in [0.1, 0.15) is 25.3 Å². The summed E-state index contributed by atoms with van der Waals surface area (Å²) < 4.78 is 32.9. The van der Waals surface area contributed by atoms with Crippen LogP contribution in [0.25, 0.3) is 0 Å². The normalized spacial score (nSPS) is 24.1. The van der Waals surface area contributed by atoms with Gasteiger partial charge in [-0.25, -0.2) is 8.78 Å². The van der Waals surface area contributed by atoms with Crippen LogP contribution in [-0.4, -0.2) is 13.7 Å². The number of rotatable bonds is 2. The van der Waals surface area contributed by atoms with Crippen molar-refractivity contribution in [3.8, 4) is 5.75 Å². The van der Waals surface area contributed by atoms with E-state index in [9.17, 15) is 8.78 Å². The molecule has 1 atom stereocenters. The molecule has 0 aliphatic carbocycles. The molecule has 5 heteroatoms. The minimum absolute atomic E-state index is 0.000741. The van der Waals surface area contributed by atoms with Gasteiger partial charge in [0.25, 0.3) is 0 Å². The molecule has 0 saturated carbocycles. The first kappa shape index (κ1) is 12.6. The van der Waals surface area contributed by atoms with Crippen LogP contribution in [0.4, 0.5) is 8.78 Å². The van der Waals surface area contributed by atoms with Gasteiger partial charge in [-0.3, -0.25) is 0 Å². The molecule has 94 valence electrons. The Morgan fingerprint density at radius 3 is 2.71 bits per heavy atom. The lowest BCUT2D eigenvalue weighted by atomic mass is 9.89. The lowest BCUT2D eigenvalue weighted by Crippen LogP contribution is -2.35. The molecule has 1 aliphatic rings. The van der Waals surface area contributed by atoms with Crippen LogP contribution in [0.5, 0.6) is 5.75 Å². The minimum atomic E-state index is -0.736. The summed E-state index contributed by atoms with van der Waals surface area (Å²) >= 11 is 5.82. The summed E-state index contributed by atoms with van der Waals surface area (Å²) in [6.45, 7) is 2.53. The topological polar surface area (TPSA) is 21.3 Å². The molecule has 0 aromatic heterocycles. The number of nitrogens with one attached hydrogen (secondary N) is 1. The van der Waals surface area contributed by atoms with Crippen molar-refractivity contribution in [2.24, 2.45) is 0 Å². The van der Waals surface area contributed by atoms with E-state index in [2.05, 4.69) is 5.32 Å². The second-order valence-corrected chi connectivity index (χ2v) is 4.80. The molecule has 1 fully saturated rings.